The fourth-order valence-corrected chi connectivity index (χ4v) is 2.12. The predicted molar refractivity (Wildman–Crippen MR) is 85.3 cm³/mol. The van der Waals surface area contributed by atoms with E-state index in [1.807, 2.05) is 42.5 Å². The number of nitrogens with one attached hydrogen (secondary N) is 1. The first kappa shape index (κ1) is 15.6. The molecule has 0 amide bonds. The number of anilines is 1. The van der Waals surface area contributed by atoms with E-state index in [-0.39, 0.29) is 5.97 Å². The number of nitriles is 1. The molecule has 0 aliphatic heterocycles. The number of benzene rings is 2. The highest BCUT2D eigenvalue weighted by atomic mass is 16.5. The summed E-state index contributed by atoms with van der Waals surface area (Å²) in [6, 6.07) is 18.4. The lowest BCUT2D eigenvalue weighted by atomic mass is 10.0. The van der Waals surface area contributed by atoms with E-state index in [1.165, 1.54) is 0 Å². The molecule has 112 valence electrons. The Kier molecular flexibility index (Phi) is 5.56. The molecule has 2 aromatic rings. The van der Waals surface area contributed by atoms with Crippen molar-refractivity contribution in [3.63, 3.8) is 0 Å². The second kappa shape index (κ2) is 7.84. The van der Waals surface area contributed by atoms with Crippen LogP contribution in [0.15, 0.2) is 54.6 Å². The maximum Gasteiger partial charge on any atom is 0.328 e. The molecule has 0 spiro atoms. The van der Waals surface area contributed by atoms with Gasteiger partial charge < -0.3 is 10.1 Å². The Hall–Kier alpha value is -2.80. The fourth-order valence-electron chi connectivity index (χ4n) is 2.12. The summed E-state index contributed by atoms with van der Waals surface area (Å²) in [5.41, 5.74) is 2.45. The largest absolute Gasteiger partial charge is 0.464 e. The van der Waals surface area contributed by atoms with E-state index in [4.69, 9.17) is 10.00 Å². The van der Waals surface area contributed by atoms with Crippen molar-refractivity contribution in [1.82, 2.24) is 0 Å². The summed E-state index contributed by atoms with van der Waals surface area (Å²) in [7, 11) is 0. The molecule has 0 radical (unpaired) electrons. The summed E-state index contributed by atoms with van der Waals surface area (Å²) in [4.78, 5) is 12.1. The van der Waals surface area contributed by atoms with Gasteiger partial charge in [-0.2, -0.15) is 5.26 Å². The average Bonchev–Trinajstić information content (AvgIpc) is 2.56. The number of carbonyl (C=O) groups is 1. The van der Waals surface area contributed by atoms with Crippen molar-refractivity contribution < 1.29 is 9.53 Å². The van der Waals surface area contributed by atoms with Crippen molar-refractivity contribution in [3.8, 4) is 6.07 Å². The van der Waals surface area contributed by atoms with Gasteiger partial charge in [0.1, 0.15) is 6.04 Å². The number of nitrogens with zero attached hydrogens (tertiary/aromatic N) is 1. The minimum Gasteiger partial charge on any atom is -0.464 e. The normalized spacial score (nSPS) is 11.3. The lowest BCUT2D eigenvalue weighted by Crippen LogP contribution is -2.33. The molecule has 2 aromatic carbocycles. The quantitative estimate of drug-likeness (QED) is 0.831. The number of carbonyl (C=O) groups excluding carboxylic acids is 1. The Morgan fingerprint density at radius 2 is 1.86 bits per heavy atom. The maximum absolute atomic E-state index is 12.1. The van der Waals surface area contributed by atoms with Crippen molar-refractivity contribution in [2.24, 2.45) is 0 Å². The van der Waals surface area contributed by atoms with Crippen molar-refractivity contribution in [3.05, 3.63) is 65.7 Å². The van der Waals surface area contributed by atoms with E-state index >= 15 is 0 Å². The molecule has 22 heavy (non-hydrogen) atoms. The Morgan fingerprint density at radius 1 is 1.18 bits per heavy atom. The number of esters is 1. The van der Waals surface area contributed by atoms with Crippen LogP contribution < -0.4 is 5.32 Å². The first-order valence-corrected chi connectivity index (χ1v) is 7.20. The van der Waals surface area contributed by atoms with E-state index < -0.39 is 6.04 Å². The van der Waals surface area contributed by atoms with Crippen LogP contribution in [0.3, 0.4) is 0 Å². The molecule has 0 fully saturated rings. The molecule has 0 heterocycles. The Labute approximate surface area is 130 Å². The van der Waals surface area contributed by atoms with E-state index in [1.54, 1.807) is 19.1 Å². The standard InChI is InChI=1S/C18H18N2O2/c1-2-22-18(21)17(20-16-6-4-3-5-7-16)12-14-8-10-15(13-19)11-9-14/h3-11,17,20H,2,12H2,1H3. The first-order valence-electron chi connectivity index (χ1n) is 7.20. The molecule has 1 N–H and O–H groups in total. The Bertz CT molecular complexity index is 645. The summed E-state index contributed by atoms with van der Waals surface area (Å²) in [5.74, 6) is -0.282. The van der Waals surface area contributed by atoms with Crippen molar-refractivity contribution >= 4 is 11.7 Å². The van der Waals surface area contributed by atoms with Crippen LogP contribution in [0.2, 0.25) is 0 Å². The van der Waals surface area contributed by atoms with Crippen LogP contribution in [0, 0.1) is 11.3 Å². The minimum absolute atomic E-state index is 0.282. The zero-order valence-corrected chi connectivity index (χ0v) is 12.5. The monoisotopic (exact) mass is 294 g/mol. The van der Waals surface area contributed by atoms with E-state index in [0.29, 0.717) is 18.6 Å². The van der Waals surface area contributed by atoms with Crippen molar-refractivity contribution in [1.29, 1.82) is 5.26 Å². The molecule has 0 aliphatic carbocycles. The molecular formula is C18H18N2O2. The third-order valence-electron chi connectivity index (χ3n) is 3.21. The van der Waals surface area contributed by atoms with Crippen LogP contribution in [0.4, 0.5) is 5.69 Å². The number of para-hydroxylation sites is 1. The summed E-state index contributed by atoms with van der Waals surface area (Å²) in [6.45, 7) is 2.14. The first-order chi connectivity index (χ1) is 10.7. The van der Waals surface area contributed by atoms with Crippen LogP contribution in [-0.2, 0) is 16.0 Å². The zero-order valence-electron chi connectivity index (χ0n) is 12.5. The number of ether oxygens (including phenoxy) is 1. The molecule has 4 heteroatoms. The molecule has 2 rings (SSSR count). The smallest absolute Gasteiger partial charge is 0.328 e. The topological polar surface area (TPSA) is 62.1 Å². The highest BCUT2D eigenvalue weighted by Crippen LogP contribution is 2.13. The number of rotatable bonds is 6. The number of hydrogen-bond donors (Lipinski definition) is 1. The number of hydrogen-bond acceptors (Lipinski definition) is 4. The Balaban J connectivity index is 2.13. The van der Waals surface area contributed by atoms with Gasteiger partial charge in [-0.05, 0) is 36.8 Å². The lowest BCUT2D eigenvalue weighted by molar-refractivity contribution is -0.144. The van der Waals surface area contributed by atoms with Gasteiger partial charge in [0.05, 0.1) is 18.2 Å². The van der Waals surface area contributed by atoms with Gasteiger partial charge in [-0.25, -0.2) is 4.79 Å². The molecule has 0 saturated heterocycles. The molecule has 1 atom stereocenters. The van der Waals surface area contributed by atoms with Gasteiger partial charge in [-0.3, -0.25) is 0 Å². The SMILES string of the molecule is CCOC(=O)C(Cc1ccc(C#N)cc1)Nc1ccccc1. The molecule has 0 saturated carbocycles. The fraction of sp³-hybridized carbons (Fsp3) is 0.222. The van der Waals surface area contributed by atoms with Gasteiger partial charge in [0.2, 0.25) is 0 Å². The Morgan fingerprint density at radius 3 is 2.45 bits per heavy atom. The summed E-state index contributed by atoms with van der Waals surface area (Å²) < 4.78 is 5.14. The van der Waals surface area contributed by atoms with E-state index in [2.05, 4.69) is 11.4 Å². The summed E-state index contributed by atoms with van der Waals surface area (Å²) in [6.07, 6.45) is 0.499. The van der Waals surface area contributed by atoms with Gasteiger partial charge in [0, 0.05) is 12.1 Å². The third-order valence-corrected chi connectivity index (χ3v) is 3.21. The molecule has 1 unspecified atom stereocenters. The van der Waals surface area contributed by atoms with Crippen LogP contribution in [0.1, 0.15) is 18.1 Å². The van der Waals surface area contributed by atoms with Crippen molar-refractivity contribution in [2.75, 3.05) is 11.9 Å². The van der Waals surface area contributed by atoms with Crippen LogP contribution >= 0.6 is 0 Å². The van der Waals surface area contributed by atoms with Crippen LogP contribution in [0.5, 0.6) is 0 Å². The second-order valence-electron chi connectivity index (χ2n) is 4.83. The predicted octanol–water partition coefficient (Wildman–Crippen LogP) is 3.14. The van der Waals surface area contributed by atoms with Gasteiger partial charge in [0.15, 0.2) is 0 Å². The summed E-state index contributed by atoms with van der Waals surface area (Å²) >= 11 is 0. The average molecular weight is 294 g/mol. The van der Waals surface area contributed by atoms with Gasteiger partial charge in [0.25, 0.3) is 0 Å². The van der Waals surface area contributed by atoms with E-state index in [0.717, 1.165) is 11.3 Å². The van der Waals surface area contributed by atoms with Gasteiger partial charge in [-0.1, -0.05) is 30.3 Å². The molecule has 0 bridgehead atoms. The molecule has 0 aliphatic rings. The van der Waals surface area contributed by atoms with Crippen molar-refractivity contribution in [2.45, 2.75) is 19.4 Å². The van der Waals surface area contributed by atoms with E-state index in [9.17, 15) is 4.79 Å². The lowest BCUT2D eigenvalue weighted by Gasteiger charge is -2.18. The molecule has 4 nitrogen and oxygen atoms in total. The zero-order chi connectivity index (χ0) is 15.8. The highest BCUT2D eigenvalue weighted by Gasteiger charge is 2.20. The van der Waals surface area contributed by atoms with Gasteiger partial charge >= 0.3 is 5.97 Å². The highest BCUT2D eigenvalue weighted by molar-refractivity contribution is 5.79. The van der Waals surface area contributed by atoms with Crippen LogP contribution in [0.25, 0.3) is 0 Å². The molecular weight excluding hydrogens is 276 g/mol. The van der Waals surface area contributed by atoms with Crippen LogP contribution in [-0.4, -0.2) is 18.6 Å². The summed E-state index contributed by atoms with van der Waals surface area (Å²) in [5, 5.41) is 12.0. The molecule has 0 aromatic heterocycles. The minimum atomic E-state index is -0.463. The maximum atomic E-state index is 12.1. The third kappa shape index (κ3) is 4.35. The second-order valence-corrected chi connectivity index (χ2v) is 4.83. The van der Waals surface area contributed by atoms with Gasteiger partial charge in [-0.15, -0.1) is 0 Å².